The van der Waals surface area contributed by atoms with Gasteiger partial charge in [-0.2, -0.15) is 16.8 Å². The van der Waals surface area contributed by atoms with Gasteiger partial charge in [0.15, 0.2) is 0 Å². The predicted octanol–water partition coefficient (Wildman–Crippen LogP) is -1.58. The molecule has 0 radical (unpaired) electrons. The molecule has 0 bridgehead atoms. The zero-order valence-corrected chi connectivity index (χ0v) is 7.42. The van der Waals surface area contributed by atoms with Crippen LogP contribution in [0.1, 0.15) is 0 Å². The summed E-state index contributed by atoms with van der Waals surface area (Å²) in [5, 5.41) is 3.88. The van der Waals surface area contributed by atoms with Gasteiger partial charge in [0.2, 0.25) is 0 Å². The lowest BCUT2D eigenvalue weighted by molar-refractivity contribution is 0.381. The second kappa shape index (κ2) is 7.32. The van der Waals surface area contributed by atoms with Crippen LogP contribution >= 0.6 is 0 Å². The fraction of sp³-hybridized carbons (Fsp3) is 0. The molecule has 0 aromatic heterocycles. The molecule has 12 heteroatoms. The van der Waals surface area contributed by atoms with Gasteiger partial charge in [0.05, 0.1) is 0 Å². The van der Waals surface area contributed by atoms with Gasteiger partial charge in [-0.1, -0.05) is 0 Å². The van der Waals surface area contributed by atoms with Crippen LogP contribution in [-0.2, 0) is 20.7 Å². The van der Waals surface area contributed by atoms with Crippen LogP contribution < -0.4 is 17.4 Å². The van der Waals surface area contributed by atoms with Gasteiger partial charge < -0.3 is 12.3 Å². The Morgan fingerprint density at radius 3 is 0.833 bits per heavy atom. The topological polar surface area (TPSA) is 225 Å². The Bertz CT molecular complexity index is 213. The Kier molecular flexibility index (Phi) is 13.8. The third-order valence-corrected chi connectivity index (χ3v) is 0. The zero-order valence-electron chi connectivity index (χ0n) is 5.78. The second-order valence-corrected chi connectivity index (χ2v) is 2.89. The van der Waals surface area contributed by atoms with E-state index in [0.717, 1.165) is 0 Å². The Morgan fingerprint density at radius 1 is 0.833 bits per heavy atom. The molecule has 0 unspecified atom stereocenters. The molecule has 0 aliphatic carbocycles. The molecule has 11 N–H and O–H groups in total. The first kappa shape index (κ1) is 22.6. The lowest BCUT2D eigenvalue weighted by Gasteiger charge is -1.70. The molecule has 0 amide bonds. The summed E-state index contributed by atoms with van der Waals surface area (Å²) < 4.78 is 56.8. The van der Waals surface area contributed by atoms with Crippen LogP contribution in [0.25, 0.3) is 0 Å². The van der Waals surface area contributed by atoms with Crippen LogP contribution in [0.4, 0.5) is 0 Å². The van der Waals surface area contributed by atoms with E-state index in [1.165, 1.54) is 0 Å². The summed E-state index contributed by atoms with van der Waals surface area (Å²) in [6.45, 7) is 0. The summed E-state index contributed by atoms with van der Waals surface area (Å²) in [6, 6.07) is 0. The first-order valence-electron chi connectivity index (χ1n) is 1.45. The van der Waals surface area contributed by atoms with Gasteiger partial charge in [0, 0.05) is 0 Å². The van der Waals surface area contributed by atoms with E-state index in [4.69, 9.17) is 30.5 Å². The van der Waals surface area contributed by atoms with Crippen molar-refractivity contribution in [2.45, 2.75) is 0 Å². The van der Waals surface area contributed by atoms with Gasteiger partial charge >= 0.3 is 20.7 Å². The third kappa shape index (κ3) is 6270. The average molecular weight is 229 g/mol. The van der Waals surface area contributed by atoms with Crippen molar-refractivity contribution in [1.82, 2.24) is 12.3 Å². The molecule has 0 atom stereocenters. The van der Waals surface area contributed by atoms with Crippen molar-refractivity contribution in [2.24, 2.45) is 5.14 Å². The van der Waals surface area contributed by atoms with Crippen molar-refractivity contribution in [3.8, 4) is 0 Å². The minimum atomic E-state index is -4.67. The van der Waals surface area contributed by atoms with Crippen LogP contribution in [0.3, 0.4) is 0 Å². The Balaban J connectivity index is -0.0000000457. The van der Waals surface area contributed by atoms with Gasteiger partial charge in [-0.25, -0.2) is 5.14 Å². The number of hydrogen-bond donors (Lipinski definition) is 6. The average Bonchev–Trinajstić information content (AvgIpc) is 1.12. The molecule has 0 aliphatic rings. The van der Waals surface area contributed by atoms with E-state index in [2.05, 4.69) is 5.14 Å². The van der Waals surface area contributed by atoms with Gasteiger partial charge in [-0.05, 0) is 0 Å². The lowest BCUT2D eigenvalue weighted by Crippen LogP contribution is -2.08. The lowest BCUT2D eigenvalue weighted by atomic mass is 13.9. The number of rotatable bonds is 0. The van der Waals surface area contributed by atoms with E-state index in [1.54, 1.807) is 0 Å². The first-order valence-corrected chi connectivity index (χ1v) is 4.35. The smallest absolute Gasteiger partial charge is 0.344 e. The maximum Gasteiger partial charge on any atom is 0.394 e. The highest BCUT2D eigenvalue weighted by Gasteiger charge is 1.84. The number of hydrogen-bond acceptors (Lipinski definition) is 6. The van der Waals surface area contributed by atoms with Crippen LogP contribution in [0.15, 0.2) is 0 Å². The maximum absolute atomic E-state index is 8.97. The number of nitrogens with two attached hydrogens (primary N) is 1. The normalized spacial score (nSPS) is 9.67. The molecule has 0 heterocycles. The van der Waals surface area contributed by atoms with Gasteiger partial charge in [0.25, 0.3) is 0 Å². The summed E-state index contributed by atoms with van der Waals surface area (Å²) in [6.07, 6.45) is 0. The minimum Gasteiger partial charge on any atom is -0.344 e. The Labute approximate surface area is 69.4 Å². The van der Waals surface area contributed by atoms with Gasteiger partial charge in [-0.3, -0.25) is 13.7 Å². The van der Waals surface area contributed by atoms with Crippen LogP contribution in [0.5, 0.6) is 0 Å². The second-order valence-electron chi connectivity index (χ2n) is 0.963. The zero-order chi connectivity index (χ0) is 9.00. The van der Waals surface area contributed by atoms with Crippen LogP contribution in [0, 0.1) is 0 Å². The van der Waals surface area contributed by atoms with E-state index in [9.17, 15) is 0 Å². The highest BCUT2D eigenvalue weighted by molar-refractivity contribution is 7.83. The van der Waals surface area contributed by atoms with Crippen molar-refractivity contribution in [2.75, 3.05) is 0 Å². The molecule has 10 nitrogen and oxygen atoms in total. The van der Waals surface area contributed by atoms with E-state index in [-0.39, 0.29) is 12.3 Å². The van der Waals surface area contributed by atoms with Crippen molar-refractivity contribution < 1.29 is 30.5 Å². The van der Waals surface area contributed by atoms with Crippen LogP contribution in [-0.4, -0.2) is 30.5 Å². The molecule has 12 heavy (non-hydrogen) atoms. The molecular weight excluding hydrogens is 218 g/mol. The molecule has 0 aromatic rings. The SMILES string of the molecule is N.N.NS(=O)(=O)O.O=S(=O)(O)O. The van der Waals surface area contributed by atoms with Crippen molar-refractivity contribution in [1.29, 1.82) is 0 Å². The first-order chi connectivity index (χ1) is 4.00. The molecule has 0 saturated heterocycles. The Morgan fingerprint density at radius 2 is 0.833 bits per heavy atom. The largest absolute Gasteiger partial charge is 0.394 e. The van der Waals surface area contributed by atoms with Crippen LogP contribution in [0.2, 0.25) is 0 Å². The summed E-state index contributed by atoms with van der Waals surface area (Å²) in [4.78, 5) is 0. The quantitative estimate of drug-likeness (QED) is 0.263. The maximum atomic E-state index is 8.97. The summed E-state index contributed by atoms with van der Waals surface area (Å²) >= 11 is 0. The molecule has 0 aliphatic heterocycles. The molecule has 0 aromatic carbocycles. The van der Waals surface area contributed by atoms with E-state index in [0.29, 0.717) is 0 Å². The van der Waals surface area contributed by atoms with E-state index in [1.807, 2.05) is 0 Å². The van der Waals surface area contributed by atoms with E-state index >= 15 is 0 Å². The highest BCUT2D eigenvalue weighted by atomic mass is 32.3. The Hall–Kier alpha value is -0.340. The van der Waals surface area contributed by atoms with Gasteiger partial charge in [0.1, 0.15) is 0 Å². The summed E-state index contributed by atoms with van der Waals surface area (Å²) in [5.41, 5.74) is 0. The molecule has 0 rings (SSSR count). The monoisotopic (exact) mass is 229 g/mol. The summed E-state index contributed by atoms with van der Waals surface area (Å²) in [5.74, 6) is 0. The van der Waals surface area contributed by atoms with Crippen molar-refractivity contribution in [3.63, 3.8) is 0 Å². The molecule has 0 fully saturated rings. The van der Waals surface area contributed by atoms with E-state index < -0.39 is 20.7 Å². The predicted molar refractivity (Wildman–Crippen MR) is 40.0 cm³/mol. The summed E-state index contributed by atoms with van der Waals surface area (Å²) in [7, 11) is -8.83. The van der Waals surface area contributed by atoms with Gasteiger partial charge in [-0.15, -0.1) is 0 Å². The molecular formula is H11N3O7S2. The van der Waals surface area contributed by atoms with Crippen molar-refractivity contribution in [3.05, 3.63) is 0 Å². The van der Waals surface area contributed by atoms with Crippen molar-refractivity contribution >= 4 is 20.7 Å². The molecule has 80 valence electrons. The standard InChI is InChI=1S/H3NO3S.2H3N.H2O4S/c1-5(2,3)4;;;1-5(2,3)4/h(H3,1,2,3,4);2*1H3;(H2,1,2,3,4). The fourth-order valence-electron chi connectivity index (χ4n) is 0. The fourth-order valence-corrected chi connectivity index (χ4v) is 0. The highest BCUT2D eigenvalue weighted by Crippen LogP contribution is 1.59. The minimum absolute atomic E-state index is 0. The molecule has 0 saturated carbocycles. The molecule has 0 spiro atoms. The third-order valence-electron chi connectivity index (χ3n) is 0.